The molecule has 0 aromatic rings. The summed E-state index contributed by atoms with van der Waals surface area (Å²) in [6, 6.07) is -0.000744. The summed E-state index contributed by atoms with van der Waals surface area (Å²) < 4.78 is 25.5. The van der Waals surface area contributed by atoms with Gasteiger partial charge in [-0.3, -0.25) is 0 Å². The molecule has 18 heavy (non-hydrogen) atoms. The fourth-order valence-corrected chi connectivity index (χ4v) is 3.89. The van der Waals surface area contributed by atoms with Gasteiger partial charge in [0.15, 0.2) is 0 Å². The van der Waals surface area contributed by atoms with Gasteiger partial charge >= 0.3 is 6.03 Å². The van der Waals surface area contributed by atoms with Crippen LogP contribution >= 0.6 is 0 Å². The monoisotopic (exact) mass is 275 g/mol. The first kappa shape index (κ1) is 13.6. The summed E-state index contributed by atoms with van der Waals surface area (Å²) in [5, 5.41) is 2.66. The molecule has 0 unspecified atom stereocenters. The Balaban J connectivity index is 1.86. The van der Waals surface area contributed by atoms with Crippen molar-refractivity contribution in [3.63, 3.8) is 0 Å². The van der Waals surface area contributed by atoms with Crippen molar-refractivity contribution < 1.29 is 13.2 Å². The molecule has 0 aromatic heterocycles. The molecule has 7 heteroatoms. The van der Waals surface area contributed by atoms with E-state index >= 15 is 0 Å². The van der Waals surface area contributed by atoms with Gasteiger partial charge < -0.3 is 10.2 Å². The number of urea groups is 1. The molecule has 1 saturated heterocycles. The van der Waals surface area contributed by atoms with E-state index in [9.17, 15) is 13.2 Å². The quantitative estimate of drug-likeness (QED) is 0.800. The van der Waals surface area contributed by atoms with Crippen molar-refractivity contribution >= 4 is 16.1 Å². The lowest BCUT2D eigenvalue weighted by Gasteiger charge is -2.34. The van der Waals surface area contributed by atoms with E-state index in [0.717, 1.165) is 12.8 Å². The van der Waals surface area contributed by atoms with Gasteiger partial charge in [0, 0.05) is 32.2 Å². The average molecular weight is 275 g/mol. The molecule has 1 N–H and O–H groups in total. The van der Waals surface area contributed by atoms with Gasteiger partial charge in [-0.2, -0.15) is 4.31 Å². The number of rotatable bonds is 3. The van der Waals surface area contributed by atoms with E-state index in [-0.39, 0.29) is 17.3 Å². The van der Waals surface area contributed by atoms with Gasteiger partial charge in [-0.1, -0.05) is 0 Å². The molecule has 1 aliphatic heterocycles. The molecule has 0 spiro atoms. The lowest BCUT2D eigenvalue weighted by molar-refractivity contribution is 0.170. The summed E-state index contributed by atoms with van der Waals surface area (Å²) in [7, 11) is -3.09. The Morgan fingerprint density at radius 3 is 2.17 bits per heavy atom. The molecule has 6 nitrogen and oxygen atoms in total. The number of sulfonamides is 1. The van der Waals surface area contributed by atoms with Gasteiger partial charge in [-0.15, -0.1) is 0 Å². The molecule has 104 valence electrons. The maximum atomic E-state index is 12.0. The van der Waals surface area contributed by atoms with Gasteiger partial charge in [0.05, 0.1) is 5.25 Å². The SMILES string of the molecule is CC(C)NC(=O)N1CCN(S(=O)(=O)C2CC2)CC1. The molecule has 0 radical (unpaired) electrons. The molecule has 2 rings (SSSR count). The molecule has 2 amide bonds. The first-order valence-corrected chi connectivity index (χ1v) is 7.96. The van der Waals surface area contributed by atoms with Crippen LogP contribution in [0.1, 0.15) is 26.7 Å². The Hall–Kier alpha value is -0.820. The molecule has 1 heterocycles. The second-order valence-electron chi connectivity index (χ2n) is 5.23. The fourth-order valence-electron chi connectivity index (χ4n) is 2.06. The molecule has 2 fully saturated rings. The number of hydrogen-bond acceptors (Lipinski definition) is 3. The number of carbonyl (C=O) groups excluding carboxylic acids is 1. The second kappa shape index (κ2) is 5.05. The topological polar surface area (TPSA) is 69.7 Å². The number of nitrogens with one attached hydrogen (secondary N) is 1. The molecule has 2 aliphatic rings. The van der Waals surface area contributed by atoms with Crippen LogP contribution in [0.2, 0.25) is 0 Å². The molecule has 0 bridgehead atoms. The Bertz CT molecular complexity index is 409. The maximum Gasteiger partial charge on any atom is 0.317 e. The zero-order chi connectivity index (χ0) is 13.3. The standard InChI is InChI=1S/C11H21N3O3S/c1-9(2)12-11(15)13-5-7-14(8-6-13)18(16,17)10-3-4-10/h9-10H,3-8H2,1-2H3,(H,12,15). The summed E-state index contributed by atoms with van der Waals surface area (Å²) in [5.74, 6) is 0. The number of carbonyl (C=O) groups is 1. The van der Waals surface area contributed by atoms with E-state index in [2.05, 4.69) is 5.32 Å². The van der Waals surface area contributed by atoms with E-state index in [4.69, 9.17) is 0 Å². The van der Waals surface area contributed by atoms with Gasteiger partial charge in [0.2, 0.25) is 10.0 Å². The van der Waals surface area contributed by atoms with Crippen molar-refractivity contribution in [1.29, 1.82) is 0 Å². The van der Waals surface area contributed by atoms with Crippen LogP contribution in [0.5, 0.6) is 0 Å². The van der Waals surface area contributed by atoms with Gasteiger partial charge in [-0.05, 0) is 26.7 Å². The summed E-state index contributed by atoms with van der Waals surface area (Å²) in [4.78, 5) is 13.4. The van der Waals surface area contributed by atoms with Gasteiger partial charge in [-0.25, -0.2) is 13.2 Å². The largest absolute Gasteiger partial charge is 0.336 e. The summed E-state index contributed by atoms with van der Waals surface area (Å²) in [5.41, 5.74) is 0. The zero-order valence-electron chi connectivity index (χ0n) is 10.9. The third-order valence-corrected chi connectivity index (χ3v) is 5.64. The Kier molecular flexibility index (Phi) is 3.82. The molecule has 0 atom stereocenters. The summed E-state index contributed by atoms with van der Waals surface area (Å²) >= 11 is 0. The van der Waals surface area contributed by atoms with Gasteiger partial charge in [0.25, 0.3) is 0 Å². The van der Waals surface area contributed by atoms with Crippen LogP contribution < -0.4 is 5.32 Å². The van der Waals surface area contributed by atoms with Crippen LogP contribution in [-0.2, 0) is 10.0 Å². The lowest BCUT2D eigenvalue weighted by Crippen LogP contribution is -2.54. The number of nitrogens with zero attached hydrogens (tertiary/aromatic N) is 2. The van der Waals surface area contributed by atoms with Crippen LogP contribution in [0.4, 0.5) is 4.79 Å². The first-order valence-electron chi connectivity index (χ1n) is 6.45. The highest BCUT2D eigenvalue weighted by Gasteiger charge is 2.41. The molecule has 0 aromatic carbocycles. The minimum atomic E-state index is -3.09. The summed E-state index contributed by atoms with van der Waals surface area (Å²) in [6.45, 7) is 5.61. The van der Waals surface area contributed by atoms with E-state index in [1.165, 1.54) is 4.31 Å². The van der Waals surface area contributed by atoms with Crippen LogP contribution in [0.25, 0.3) is 0 Å². The average Bonchev–Trinajstić information content (AvgIpc) is 3.12. The Morgan fingerprint density at radius 1 is 1.17 bits per heavy atom. The highest BCUT2D eigenvalue weighted by molar-refractivity contribution is 7.90. The maximum absolute atomic E-state index is 12.0. The van der Waals surface area contributed by atoms with Gasteiger partial charge in [0.1, 0.15) is 0 Å². The first-order chi connectivity index (χ1) is 8.41. The number of piperazine rings is 1. The van der Waals surface area contributed by atoms with E-state index < -0.39 is 10.0 Å². The smallest absolute Gasteiger partial charge is 0.317 e. The van der Waals surface area contributed by atoms with Crippen LogP contribution in [0.3, 0.4) is 0 Å². The third-order valence-electron chi connectivity index (χ3n) is 3.24. The van der Waals surface area contributed by atoms with Crippen molar-refractivity contribution in [3.8, 4) is 0 Å². The molecule has 1 saturated carbocycles. The second-order valence-corrected chi connectivity index (χ2v) is 7.45. The molecular formula is C11H21N3O3S. The minimum absolute atomic E-state index is 0.103. The summed E-state index contributed by atoms with van der Waals surface area (Å²) in [6.07, 6.45) is 1.58. The predicted molar refractivity (Wildman–Crippen MR) is 68.8 cm³/mol. The Labute approximate surface area is 108 Å². The van der Waals surface area contributed by atoms with Crippen molar-refractivity contribution in [2.45, 2.75) is 38.0 Å². The van der Waals surface area contributed by atoms with Crippen molar-refractivity contribution in [2.75, 3.05) is 26.2 Å². The highest BCUT2D eigenvalue weighted by Crippen LogP contribution is 2.31. The van der Waals surface area contributed by atoms with Crippen molar-refractivity contribution in [2.24, 2.45) is 0 Å². The zero-order valence-corrected chi connectivity index (χ0v) is 11.7. The van der Waals surface area contributed by atoms with Crippen LogP contribution in [0, 0.1) is 0 Å². The lowest BCUT2D eigenvalue weighted by atomic mass is 10.3. The van der Waals surface area contributed by atoms with E-state index in [0.29, 0.717) is 26.2 Å². The number of hydrogen-bond donors (Lipinski definition) is 1. The third kappa shape index (κ3) is 2.95. The normalized spacial score (nSPS) is 22.3. The van der Waals surface area contributed by atoms with Crippen LogP contribution in [-0.4, -0.2) is 61.1 Å². The molecular weight excluding hydrogens is 254 g/mol. The van der Waals surface area contributed by atoms with E-state index in [1.807, 2.05) is 13.8 Å². The fraction of sp³-hybridized carbons (Fsp3) is 0.909. The van der Waals surface area contributed by atoms with E-state index in [1.54, 1.807) is 4.90 Å². The molecule has 1 aliphatic carbocycles. The Morgan fingerprint density at radius 2 is 1.72 bits per heavy atom. The minimum Gasteiger partial charge on any atom is -0.336 e. The highest BCUT2D eigenvalue weighted by atomic mass is 32.2. The predicted octanol–water partition coefficient (Wildman–Crippen LogP) is 0.214. The van der Waals surface area contributed by atoms with Crippen molar-refractivity contribution in [1.82, 2.24) is 14.5 Å². The van der Waals surface area contributed by atoms with Crippen LogP contribution in [0.15, 0.2) is 0 Å². The number of amides is 2. The van der Waals surface area contributed by atoms with Crippen molar-refractivity contribution in [3.05, 3.63) is 0 Å².